The Morgan fingerprint density at radius 2 is 1.70 bits per heavy atom. The summed E-state index contributed by atoms with van der Waals surface area (Å²) in [5, 5.41) is 11.6. The van der Waals surface area contributed by atoms with Crippen molar-refractivity contribution >= 4 is 29.2 Å². The molecule has 0 atom stereocenters. The quantitative estimate of drug-likeness (QED) is 0.485. The van der Waals surface area contributed by atoms with Gasteiger partial charge in [-0.1, -0.05) is 0 Å². The molecule has 27 heavy (non-hydrogen) atoms. The van der Waals surface area contributed by atoms with E-state index in [1.165, 1.54) is 31.4 Å². The molecule has 0 aromatic heterocycles. The number of phenolic OH excluding ortho intramolecular Hbond substituents is 1. The first-order valence-electron chi connectivity index (χ1n) is 7.55. The molecule has 0 aliphatic carbocycles. The topological polar surface area (TPSA) is 95.9 Å². The first kappa shape index (κ1) is 18.1. The van der Waals surface area contributed by atoms with E-state index >= 15 is 0 Å². The number of hydrogen-bond donors (Lipinski definition) is 2. The molecule has 0 unspecified atom stereocenters. The van der Waals surface area contributed by atoms with E-state index in [2.05, 4.69) is 10.1 Å². The van der Waals surface area contributed by atoms with Gasteiger partial charge in [0.15, 0.2) is 17.4 Å². The molecule has 138 valence electrons. The fraction of sp³-hybridized carbons (Fsp3) is 0.0556. The van der Waals surface area contributed by atoms with E-state index in [1.54, 1.807) is 0 Å². The predicted molar refractivity (Wildman–Crippen MR) is 90.0 cm³/mol. The highest BCUT2D eigenvalue weighted by atomic mass is 19.1. The number of anilines is 2. The number of imide groups is 1. The highest BCUT2D eigenvalue weighted by Gasteiger charge is 2.32. The van der Waals surface area contributed by atoms with Crippen LogP contribution in [0.2, 0.25) is 0 Å². The fourth-order valence-corrected chi connectivity index (χ4v) is 2.46. The summed E-state index contributed by atoms with van der Waals surface area (Å²) in [7, 11) is 1.22. The zero-order valence-corrected chi connectivity index (χ0v) is 13.8. The average Bonchev–Trinajstić information content (AvgIpc) is 2.92. The van der Waals surface area contributed by atoms with Crippen LogP contribution >= 0.6 is 0 Å². The van der Waals surface area contributed by atoms with E-state index in [1.807, 2.05) is 0 Å². The van der Waals surface area contributed by atoms with Crippen molar-refractivity contribution in [2.24, 2.45) is 0 Å². The van der Waals surface area contributed by atoms with Crippen LogP contribution in [0.25, 0.3) is 0 Å². The minimum Gasteiger partial charge on any atom is -0.503 e. The Labute approximate surface area is 151 Å². The van der Waals surface area contributed by atoms with Gasteiger partial charge >= 0.3 is 5.97 Å². The van der Waals surface area contributed by atoms with Crippen molar-refractivity contribution in [1.82, 2.24) is 0 Å². The summed E-state index contributed by atoms with van der Waals surface area (Å²) < 4.78 is 31.4. The van der Waals surface area contributed by atoms with E-state index in [0.717, 1.165) is 23.1 Å². The second kappa shape index (κ2) is 6.87. The van der Waals surface area contributed by atoms with Gasteiger partial charge in [0, 0.05) is 23.9 Å². The van der Waals surface area contributed by atoms with Gasteiger partial charge in [-0.3, -0.25) is 9.59 Å². The van der Waals surface area contributed by atoms with Crippen LogP contribution in [0.4, 0.5) is 20.2 Å². The smallest absolute Gasteiger partial charge is 0.337 e. The molecule has 0 spiro atoms. The normalized spacial score (nSPS) is 13.6. The summed E-state index contributed by atoms with van der Waals surface area (Å²) in [5.74, 6) is -5.57. The third-order valence-electron chi connectivity index (χ3n) is 3.76. The molecular weight excluding hydrogens is 362 g/mol. The van der Waals surface area contributed by atoms with Crippen LogP contribution in [-0.2, 0) is 14.3 Å². The van der Waals surface area contributed by atoms with Gasteiger partial charge in [0.1, 0.15) is 5.70 Å². The highest BCUT2D eigenvalue weighted by Crippen LogP contribution is 2.28. The van der Waals surface area contributed by atoms with E-state index < -0.39 is 35.2 Å². The van der Waals surface area contributed by atoms with Crippen molar-refractivity contribution in [1.29, 1.82) is 0 Å². The molecule has 0 fully saturated rings. The Kier molecular flexibility index (Phi) is 4.59. The van der Waals surface area contributed by atoms with Crippen LogP contribution in [-0.4, -0.2) is 30.0 Å². The van der Waals surface area contributed by atoms with Crippen molar-refractivity contribution < 1.29 is 33.0 Å². The summed E-state index contributed by atoms with van der Waals surface area (Å²) >= 11 is 0. The lowest BCUT2D eigenvalue weighted by molar-refractivity contribution is -0.120. The molecule has 1 aliphatic heterocycles. The molecule has 2 aromatic rings. The Morgan fingerprint density at radius 3 is 2.26 bits per heavy atom. The third kappa shape index (κ3) is 3.34. The van der Waals surface area contributed by atoms with Gasteiger partial charge in [-0.05, 0) is 24.3 Å². The van der Waals surface area contributed by atoms with Gasteiger partial charge in [0.25, 0.3) is 11.8 Å². The van der Waals surface area contributed by atoms with Crippen LogP contribution in [0.3, 0.4) is 0 Å². The molecule has 2 N–H and O–H groups in total. The molecule has 0 bridgehead atoms. The standard InChI is InChI=1S/C18H12F2N2O5/c1-27-18(26)9-2-4-11(5-3-9)22-15(23)8-14(17(22)25)21-10-6-12(19)16(24)13(20)7-10/h2-8,21,24H,1H3. The van der Waals surface area contributed by atoms with Crippen molar-refractivity contribution in [3.05, 3.63) is 65.4 Å². The lowest BCUT2D eigenvalue weighted by Gasteiger charge is -2.15. The number of esters is 1. The number of nitrogens with one attached hydrogen (secondary N) is 1. The second-order valence-electron chi connectivity index (χ2n) is 5.49. The summed E-state index contributed by atoms with van der Waals surface area (Å²) in [6, 6.07) is 7.11. The van der Waals surface area contributed by atoms with Gasteiger partial charge in [0.2, 0.25) is 0 Å². The maximum absolute atomic E-state index is 13.4. The molecule has 2 aromatic carbocycles. The number of methoxy groups -OCH3 is 1. The lowest BCUT2D eigenvalue weighted by atomic mass is 10.2. The molecule has 1 heterocycles. The first-order valence-corrected chi connectivity index (χ1v) is 7.55. The molecule has 7 nitrogen and oxygen atoms in total. The molecule has 0 saturated carbocycles. The average molecular weight is 374 g/mol. The number of benzene rings is 2. The fourth-order valence-electron chi connectivity index (χ4n) is 2.46. The maximum Gasteiger partial charge on any atom is 0.337 e. The van der Waals surface area contributed by atoms with Crippen LogP contribution in [0.1, 0.15) is 10.4 Å². The minimum atomic E-state index is -1.22. The monoisotopic (exact) mass is 374 g/mol. The zero-order valence-electron chi connectivity index (χ0n) is 13.8. The van der Waals surface area contributed by atoms with Gasteiger partial charge in [-0.2, -0.15) is 0 Å². The molecule has 3 rings (SSSR count). The number of amides is 2. The van der Waals surface area contributed by atoms with Crippen LogP contribution in [0, 0.1) is 11.6 Å². The largest absolute Gasteiger partial charge is 0.503 e. The van der Waals surface area contributed by atoms with Crippen molar-refractivity contribution in [3.8, 4) is 5.75 Å². The molecule has 0 radical (unpaired) electrons. The zero-order chi connectivity index (χ0) is 19.7. The summed E-state index contributed by atoms with van der Waals surface area (Å²) in [6.45, 7) is 0. The number of phenols is 1. The third-order valence-corrected chi connectivity index (χ3v) is 3.76. The van der Waals surface area contributed by atoms with Crippen molar-refractivity contribution in [3.63, 3.8) is 0 Å². The minimum absolute atomic E-state index is 0.155. The van der Waals surface area contributed by atoms with Gasteiger partial charge in [-0.25, -0.2) is 18.5 Å². The SMILES string of the molecule is COC(=O)c1ccc(N2C(=O)C=C(Nc3cc(F)c(O)c(F)c3)C2=O)cc1. The van der Waals surface area contributed by atoms with E-state index in [9.17, 15) is 23.2 Å². The van der Waals surface area contributed by atoms with Crippen LogP contribution in [0.15, 0.2) is 48.2 Å². The maximum atomic E-state index is 13.4. The molecule has 2 amide bonds. The number of carbonyl (C=O) groups is 3. The number of halogens is 2. The lowest BCUT2D eigenvalue weighted by Crippen LogP contribution is -2.31. The number of aromatic hydroxyl groups is 1. The number of rotatable bonds is 4. The summed E-state index contributed by atoms with van der Waals surface area (Å²) in [4.78, 5) is 36.9. The summed E-state index contributed by atoms with van der Waals surface area (Å²) in [5.41, 5.74) is 0.0788. The number of carbonyl (C=O) groups excluding carboxylic acids is 3. The van der Waals surface area contributed by atoms with E-state index in [4.69, 9.17) is 5.11 Å². The van der Waals surface area contributed by atoms with Gasteiger partial charge in [0.05, 0.1) is 18.4 Å². The Hall–Kier alpha value is -3.75. The number of nitrogens with zero attached hydrogens (tertiary/aromatic N) is 1. The molecular formula is C18H12F2N2O5. The Balaban J connectivity index is 1.82. The first-order chi connectivity index (χ1) is 12.8. The van der Waals surface area contributed by atoms with Gasteiger partial charge in [-0.15, -0.1) is 0 Å². The molecule has 1 aliphatic rings. The van der Waals surface area contributed by atoms with Crippen LogP contribution < -0.4 is 10.2 Å². The van der Waals surface area contributed by atoms with E-state index in [-0.39, 0.29) is 22.6 Å². The summed E-state index contributed by atoms with van der Waals surface area (Å²) in [6.07, 6.45) is 0.971. The van der Waals surface area contributed by atoms with Crippen LogP contribution in [0.5, 0.6) is 5.75 Å². The number of ether oxygens (including phenoxy) is 1. The van der Waals surface area contributed by atoms with Gasteiger partial charge < -0.3 is 15.2 Å². The second-order valence-corrected chi connectivity index (χ2v) is 5.49. The molecule has 9 heteroatoms. The Bertz CT molecular complexity index is 963. The van der Waals surface area contributed by atoms with E-state index in [0.29, 0.717) is 0 Å². The van der Waals surface area contributed by atoms with Crippen molar-refractivity contribution in [2.75, 3.05) is 17.3 Å². The Morgan fingerprint density at radius 1 is 1.11 bits per heavy atom. The molecule has 0 saturated heterocycles. The van der Waals surface area contributed by atoms with Crippen molar-refractivity contribution in [2.45, 2.75) is 0 Å². The highest BCUT2D eigenvalue weighted by molar-refractivity contribution is 6.31. The number of hydrogen-bond acceptors (Lipinski definition) is 6. The predicted octanol–water partition coefficient (Wildman–Crippen LogP) is 2.33.